The largest absolute Gasteiger partial charge is 0.494 e. The van der Waals surface area contributed by atoms with E-state index in [9.17, 15) is 4.79 Å². The number of nitrogens with zero attached hydrogens (tertiary/aromatic N) is 2. The number of fused-ring (bicyclic) bond motifs is 1. The molecule has 0 radical (unpaired) electrons. The van der Waals surface area contributed by atoms with E-state index in [0.29, 0.717) is 13.0 Å². The van der Waals surface area contributed by atoms with E-state index < -0.39 is 0 Å². The van der Waals surface area contributed by atoms with Gasteiger partial charge in [-0.1, -0.05) is 42.5 Å². The number of benzene rings is 3. The highest BCUT2D eigenvalue weighted by atomic mass is 16.5. The first-order chi connectivity index (χ1) is 16.2. The number of hydrogen-bond donors (Lipinski definition) is 1. The minimum atomic E-state index is 0.0977. The highest BCUT2D eigenvalue weighted by Crippen LogP contribution is 2.27. The SMILES string of the molecule is O=C1CCc2cc(OCCCN3CCN(c4ccc(-c5ccccc5)cc4)CC3)ccc2N1. The summed E-state index contributed by atoms with van der Waals surface area (Å²) in [6.07, 6.45) is 2.36. The fourth-order valence-corrected chi connectivity index (χ4v) is 4.65. The van der Waals surface area contributed by atoms with Gasteiger partial charge in [0.1, 0.15) is 5.75 Å². The summed E-state index contributed by atoms with van der Waals surface area (Å²) < 4.78 is 5.98. The lowest BCUT2D eigenvalue weighted by molar-refractivity contribution is -0.116. The Morgan fingerprint density at radius 1 is 0.818 bits per heavy atom. The number of nitrogens with one attached hydrogen (secondary N) is 1. The van der Waals surface area contributed by atoms with Crippen molar-refractivity contribution in [2.24, 2.45) is 0 Å². The molecule has 2 aliphatic rings. The smallest absolute Gasteiger partial charge is 0.224 e. The Hall–Kier alpha value is -3.31. The van der Waals surface area contributed by atoms with Crippen LogP contribution in [0.3, 0.4) is 0 Å². The molecular formula is C28H31N3O2. The monoisotopic (exact) mass is 441 g/mol. The van der Waals surface area contributed by atoms with Gasteiger partial charge >= 0.3 is 0 Å². The van der Waals surface area contributed by atoms with Crippen molar-refractivity contribution < 1.29 is 9.53 Å². The van der Waals surface area contributed by atoms with Crippen molar-refractivity contribution in [3.8, 4) is 16.9 Å². The van der Waals surface area contributed by atoms with Crippen LogP contribution in [0.2, 0.25) is 0 Å². The number of amides is 1. The van der Waals surface area contributed by atoms with Gasteiger partial charge in [0.25, 0.3) is 0 Å². The van der Waals surface area contributed by atoms with Crippen LogP contribution in [-0.2, 0) is 11.2 Å². The van der Waals surface area contributed by atoms with E-state index in [0.717, 1.165) is 57.0 Å². The minimum absolute atomic E-state index is 0.0977. The standard InChI is InChI=1S/C28H31N3O2/c32-28-14-9-24-21-26(12-13-27(24)29-28)33-20-4-15-30-16-18-31(19-17-30)25-10-7-23(8-11-25)22-5-2-1-3-6-22/h1-3,5-8,10-13,21H,4,9,14-20H2,(H,29,32). The van der Waals surface area contributed by atoms with Crippen LogP contribution in [0.5, 0.6) is 5.75 Å². The van der Waals surface area contributed by atoms with Crippen molar-refractivity contribution in [2.75, 3.05) is 49.5 Å². The molecule has 0 saturated carbocycles. The van der Waals surface area contributed by atoms with Crippen molar-refractivity contribution in [1.82, 2.24) is 4.90 Å². The second kappa shape index (κ2) is 10.1. The van der Waals surface area contributed by atoms with Gasteiger partial charge in [0.05, 0.1) is 6.61 Å². The summed E-state index contributed by atoms with van der Waals surface area (Å²) in [5.41, 5.74) is 5.92. The van der Waals surface area contributed by atoms with Crippen molar-refractivity contribution in [3.05, 3.63) is 78.4 Å². The van der Waals surface area contributed by atoms with Crippen molar-refractivity contribution in [2.45, 2.75) is 19.3 Å². The molecule has 0 bridgehead atoms. The maximum absolute atomic E-state index is 11.5. The van der Waals surface area contributed by atoms with E-state index in [-0.39, 0.29) is 5.91 Å². The van der Waals surface area contributed by atoms with Crippen molar-refractivity contribution in [1.29, 1.82) is 0 Å². The maximum atomic E-state index is 11.5. The summed E-state index contributed by atoms with van der Waals surface area (Å²) >= 11 is 0. The molecule has 33 heavy (non-hydrogen) atoms. The van der Waals surface area contributed by atoms with Gasteiger partial charge in [-0.2, -0.15) is 0 Å². The van der Waals surface area contributed by atoms with Gasteiger partial charge in [0.15, 0.2) is 0 Å². The number of carbonyl (C=O) groups is 1. The maximum Gasteiger partial charge on any atom is 0.224 e. The topological polar surface area (TPSA) is 44.8 Å². The molecule has 5 nitrogen and oxygen atoms in total. The predicted octanol–water partition coefficient (Wildman–Crippen LogP) is 4.83. The Morgan fingerprint density at radius 3 is 2.36 bits per heavy atom. The number of piperazine rings is 1. The Balaban J connectivity index is 1.04. The van der Waals surface area contributed by atoms with Crippen LogP contribution in [-0.4, -0.2) is 50.1 Å². The van der Waals surface area contributed by atoms with Crippen LogP contribution in [0.1, 0.15) is 18.4 Å². The van der Waals surface area contributed by atoms with Crippen molar-refractivity contribution >= 4 is 17.3 Å². The second-order valence-corrected chi connectivity index (χ2v) is 8.81. The lowest BCUT2D eigenvalue weighted by atomic mass is 10.0. The minimum Gasteiger partial charge on any atom is -0.494 e. The molecule has 5 rings (SSSR count). The summed E-state index contributed by atoms with van der Waals surface area (Å²) in [7, 11) is 0. The van der Waals surface area contributed by atoms with E-state index in [1.165, 1.54) is 22.4 Å². The molecule has 0 atom stereocenters. The lowest BCUT2D eigenvalue weighted by Crippen LogP contribution is -2.46. The normalized spacial score (nSPS) is 16.2. The van der Waals surface area contributed by atoms with Crippen LogP contribution in [0.15, 0.2) is 72.8 Å². The van der Waals surface area contributed by atoms with Gasteiger partial charge < -0.3 is 15.0 Å². The summed E-state index contributed by atoms with van der Waals surface area (Å²) in [4.78, 5) is 16.5. The molecule has 1 N–H and O–H groups in total. The van der Waals surface area contributed by atoms with E-state index in [1.807, 2.05) is 12.1 Å². The van der Waals surface area contributed by atoms with Gasteiger partial charge in [0, 0.05) is 50.5 Å². The molecule has 1 amide bonds. The number of hydrogen-bond acceptors (Lipinski definition) is 4. The molecule has 3 aromatic rings. The van der Waals surface area contributed by atoms with E-state index in [2.05, 4.69) is 75.8 Å². The van der Waals surface area contributed by atoms with E-state index in [4.69, 9.17) is 4.74 Å². The van der Waals surface area contributed by atoms with Crippen LogP contribution < -0.4 is 15.0 Å². The molecule has 1 saturated heterocycles. The third kappa shape index (κ3) is 5.37. The Labute approximate surface area is 196 Å². The molecule has 2 aliphatic heterocycles. The van der Waals surface area contributed by atoms with Crippen LogP contribution in [0.25, 0.3) is 11.1 Å². The lowest BCUT2D eigenvalue weighted by Gasteiger charge is -2.36. The van der Waals surface area contributed by atoms with Crippen molar-refractivity contribution in [3.63, 3.8) is 0 Å². The molecular weight excluding hydrogens is 410 g/mol. The van der Waals surface area contributed by atoms with Crippen LogP contribution in [0, 0.1) is 0 Å². The van der Waals surface area contributed by atoms with Gasteiger partial charge in [-0.15, -0.1) is 0 Å². The quantitative estimate of drug-likeness (QED) is 0.534. The molecule has 1 fully saturated rings. The third-order valence-electron chi connectivity index (χ3n) is 6.57. The van der Waals surface area contributed by atoms with Gasteiger partial charge in [-0.05, 0) is 59.9 Å². The molecule has 0 aliphatic carbocycles. The summed E-state index contributed by atoms with van der Waals surface area (Å²) in [5.74, 6) is 0.995. The second-order valence-electron chi connectivity index (χ2n) is 8.81. The van der Waals surface area contributed by atoms with E-state index in [1.54, 1.807) is 0 Å². The molecule has 0 unspecified atom stereocenters. The molecule has 3 aromatic carbocycles. The summed E-state index contributed by atoms with van der Waals surface area (Å²) in [6, 6.07) is 25.4. The van der Waals surface area contributed by atoms with Gasteiger partial charge in [-0.25, -0.2) is 0 Å². The van der Waals surface area contributed by atoms with Gasteiger partial charge in [-0.3, -0.25) is 9.69 Å². The summed E-state index contributed by atoms with van der Waals surface area (Å²) in [6.45, 7) is 6.05. The third-order valence-corrected chi connectivity index (χ3v) is 6.57. The highest BCUT2D eigenvalue weighted by Gasteiger charge is 2.17. The predicted molar refractivity (Wildman–Crippen MR) is 134 cm³/mol. The molecule has 0 aromatic heterocycles. The van der Waals surface area contributed by atoms with Gasteiger partial charge in [0.2, 0.25) is 5.91 Å². The number of anilines is 2. The zero-order valence-electron chi connectivity index (χ0n) is 19.0. The van der Waals surface area contributed by atoms with Crippen LogP contribution in [0.4, 0.5) is 11.4 Å². The number of carbonyl (C=O) groups excluding carboxylic acids is 1. The average Bonchev–Trinajstić information content (AvgIpc) is 2.88. The fourth-order valence-electron chi connectivity index (χ4n) is 4.65. The molecule has 170 valence electrons. The molecule has 0 spiro atoms. The first-order valence-electron chi connectivity index (χ1n) is 11.9. The zero-order valence-corrected chi connectivity index (χ0v) is 19.0. The molecule has 2 heterocycles. The average molecular weight is 442 g/mol. The number of aryl methyl sites for hydroxylation is 1. The highest BCUT2D eigenvalue weighted by molar-refractivity contribution is 5.94. The number of ether oxygens (including phenoxy) is 1. The first-order valence-corrected chi connectivity index (χ1v) is 11.9. The molecule has 5 heteroatoms. The zero-order chi connectivity index (χ0) is 22.5. The number of rotatable bonds is 7. The first kappa shape index (κ1) is 21.5. The fraction of sp³-hybridized carbons (Fsp3) is 0.321. The summed E-state index contributed by atoms with van der Waals surface area (Å²) in [5, 5.41) is 2.92. The Kier molecular flexibility index (Phi) is 6.58. The Bertz CT molecular complexity index is 1070. The van der Waals surface area contributed by atoms with E-state index >= 15 is 0 Å². The van der Waals surface area contributed by atoms with Crippen LogP contribution >= 0.6 is 0 Å². The Morgan fingerprint density at radius 2 is 1.58 bits per heavy atom.